The van der Waals surface area contributed by atoms with E-state index in [1.807, 2.05) is 0 Å². The Morgan fingerprint density at radius 2 is 1.89 bits per heavy atom. The van der Waals surface area contributed by atoms with Gasteiger partial charge in [0.25, 0.3) is 0 Å². The molecule has 1 N–H and O–H groups in total. The second-order valence-electron chi connectivity index (χ2n) is 7.56. The van der Waals surface area contributed by atoms with Gasteiger partial charge in [0.2, 0.25) is 0 Å². The van der Waals surface area contributed by atoms with E-state index >= 15 is 0 Å². The third-order valence-corrected chi connectivity index (χ3v) is 5.14. The van der Waals surface area contributed by atoms with Gasteiger partial charge in [-0.3, -0.25) is 4.90 Å². The van der Waals surface area contributed by atoms with Gasteiger partial charge >= 0.3 is 0 Å². The van der Waals surface area contributed by atoms with Crippen molar-refractivity contribution < 1.29 is 0 Å². The summed E-state index contributed by atoms with van der Waals surface area (Å²) in [5.41, 5.74) is 0.796. The number of hydrogen-bond donors (Lipinski definition) is 1. The Balaban J connectivity index is 2.11. The summed E-state index contributed by atoms with van der Waals surface area (Å²) in [7, 11) is 0. The monoisotopic (exact) mass is 264 g/mol. The maximum atomic E-state index is 3.86. The molecule has 2 heteroatoms. The number of hydrogen-bond acceptors (Lipinski definition) is 2. The first-order valence-electron chi connectivity index (χ1n) is 8.07. The molecule has 1 aliphatic heterocycles. The predicted octanol–water partition coefficient (Wildman–Crippen LogP) is 3.59. The predicted molar refractivity (Wildman–Crippen MR) is 83.4 cm³/mol. The van der Waals surface area contributed by atoms with Gasteiger partial charge in [-0.15, -0.1) is 0 Å². The van der Waals surface area contributed by atoms with Gasteiger partial charge in [-0.2, -0.15) is 0 Å². The van der Waals surface area contributed by atoms with Crippen LogP contribution in [0.25, 0.3) is 0 Å². The average Bonchev–Trinajstić information content (AvgIpc) is 2.37. The number of allylic oxidation sites excluding steroid dienone is 1. The van der Waals surface area contributed by atoms with Crippen molar-refractivity contribution in [2.75, 3.05) is 19.6 Å². The molecular formula is C17H32N2. The molecule has 19 heavy (non-hydrogen) atoms. The number of nitrogens with one attached hydrogen (secondary N) is 1. The Kier molecular flexibility index (Phi) is 4.73. The van der Waals surface area contributed by atoms with Gasteiger partial charge < -0.3 is 5.32 Å². The lowest BCUT2D eigenvalue weighted by atomic mass is 9.75. The Morgan fingerprint density at radius 1 is 1.21 bits per heavy atom. The van der Waals surface area contributed by atoms with Crippen LogP contribution in [0.4, 0.5) is 0 Å². The fourth-order valence-corrected chi connectivity index (χ4v) is 3.69. The van der Waals surface area contributed by atoms with Crippen molar-refractivity contribution in [3.05, 3.63) is 12.2 Å². The molecule has 0 radical (unpaired) electrons. The number of rotatable bonds is 2. The maximum Gasteiger partial charge on any atom is 0.0338 e. The summed E-state index contributed by atoms with van der Waals surface area (Å²) in [5.74, 6) is 0. The molecule has 0 bridgehead atoms. The summed E-state index contributed by atoms with van der Waals surface area (Å²) in [6.07, 6.45) is 11.6. The van der Waals surface area contributed by atoms with Gasteiger partial charge in [-0.05, 0) is 25.2 Å². The second-order valence-corrected chi connectivity index (χ2v) is 7.56. The molecule has 1 unspecified atom stereocenters. The smallest absolute Gasteiger partial charge is 0.0338 e. The molecule has 2 nitrogen and oxygen atoms in total. The van der Waals surface area contributed by atoms with E-state index in [1.54, 1.807) is 0 Å². The van der Waals surface area contributed by atoms with Crippen LogP contribution in [0.15, 0.2) is 12.2 Å². The third kappa shape index (κ3) is 3.41. The molecule has 1 saturated heterocycles. The minimum atomic E-state index is 0.352. The summed E-state index contributed by atoms with van der Waals surface area (Å²) in [6, 6.07) is 0.616. The summed E-state index contributed by atoms with van der Waals surface area (Å²) in [6.45, 7) is 12.7. The zero-order chi connectivity index (χ0) is 13.9. The van der Waals surface area contributed by atoms with Crippen molar-refractivity contribution in [3.63, 3.8) is 0 Å². The Bertz CT molecular complexity index is 308. The number of piperazine rings is 1. The van der Waals surface area contributed by atoms with Crippen LogP contribution >= 0.6 is 0 Å². The Hall–Kier alpha value is -0.340. The molecule has 1 aliphatic carbocycles. The van der Waals surface area contributed by atoms with Crippen LogP contribution in [0.5, 0.6) is 0 Å². The highest BCUT2D eigenvalue weighted by atomic mass is 15.3. The van der Waals surface area contributed by atoms with Gasteiger partial charge in [0.05, 0.1) is 0 Å². The number of nitrogens with zero attached hydrogens (tertiary/aromatic N) is 1. The lowest BCUT2D eigenvalue weighted by Crippen LogP contribution is -2.67. The summed E-state index contributed by atoms with van der Waals surface area (Å²) >= 11 is 0. The maximum absolute atomic E-state index is 3.86. The van der Waals surface area contributed by atoms with E-state index < -0.39 is 0 Å². The molecule has 0 amide bonds. The van der Waals surface area contributed by atoms with E-state index in [0.29, 0.717) is 17.0 Å². The minimum Gasteiger partial charge on any atom is -0.310 e. The van der Waals surface area contributed by atoms with Crippen molar-refractivity contribution in [1.29, 1.82) is 0 Å². The lowest BCUT2D eigenvalue weighted by molar-refractivity contribution is -0.00178. The highest BCUT2D eigenvalue weighted by Gasteiger charge is 2.43. The molecule has 2 rings (SSSR count). The van der Waals surface area contributed by atoms with Gasteiger partial charge in [0.1, 0.15) is 0 Å². The van der Waals surface area contributed by atoms with E-state index in [1.165, 1.54) is 45.2 Å². The molecule has 110 valence electrons. The van der Waals surface area contributed by atoms with Gasteiger partial charge in [0.15, 0.2) is 0 Å². The zero-order valence-corrected chi connectivity index (χ0v) is 13.3. The Morgan fingerprint density at radius 3 is 2.47 bits per heavy atom. The van der Waals surface area contributed by atoms with Crippen molar-refractivity contribution >= 4 is 0 Å². The largest absolute Gasteiger partial charge is 0.310 e. The van der Waals surface area contributed by atoms with Crippen LogP contribution in [-0.2, 0) is 0 Å². The summed E-state index contributed by atoms with van der Waals surface area (Å²) in [5, 5.41) is 3.86. The standard InChI is InChI=1S/C17H32N2/c1-5-6-12-19-13-15(16(2,3)4)18-14-17(19)10-8-7-9-11-17/h5-6,15,18H,7-14H2,1-4H3/b6-5+. The van der Waals surface area contributed by atoms with Crippen LogP contribution in [0.1, 0.15) is 59.8 Å². The fourth-order valence-electron chi connectivity index (χ4n) is 3.69. The van der Waals surface area contributed by atoms with E-state index in [0.717, 1.165) is 6.54 Å². The average molecular weight is 264 g/mol. The van der Waals surface area contributed by atoms with E-state index in [4.69, 9.17) is 0 Å². The topological polar surface area (TPSA) is 15.3 Å². The summed E-state index contributed by atoms with van der Waals surface area (Å²) < 4.78 is 0. The second kappa shape index (κ2) is 5.97. The van der Waals surface area contributed by atoms with Crippen LogP contribution in [0.2, 0.25) is 0 Å². The van der Waals surface area contributed by atoms with Crippen LogP contribution in [0.3, 0.4) is 0 Å². The van der Waals surface area contributed by atoms with Crippen molar-refractivity contribution in [3.8, 4) is 0 Å². The van der Waals surface area contributed by atoms with Gasteiger partial charge in [-0.1, -0.05) is 52.2 Å². The molecule has 0 aromatic heterocycles. The Labute approximate surface area is 119 Å². The van der Waals surface area contributed by atoms with Crippen LogP contribution in [-0.4, -0.2) is 36.1 Å². The molecule has 2 aliphatic rings. The molecule has 1 saturated carbocycles. The van der Waals surface area contributed by atoms with E-state index in [9.17, 15) is 0 Å². The third-order valence-electron chi connectivity index (χ3n) is 5.14. The van der Waals surface area contributed by atoms with Crippen molar-refractivity contribution in [2.24, 2.45) is 5.41 Å². The highest BCUT2D eigenvalue weighted by Crippen LogP contribution is 2.37. The van der Waals surface area contributed by atoms with Crippen molar-refractivity contribution in [2.45, 2.75) is 71.4 Å². The fraction of sp³-hybridized carbons (Fsp3) is 0.882. The molecule has 1 spiro atoms. The molecular weight excluding hydrogens is 232 g/mol. The first kappa shape index (κ1) is 15.1. The molecule has 0 aromatic rings. The molecule has 1 heterocycles. The normalized spacial score (nSPS) is 29.2. The van der Waals surface area contributed by atoms with Crippen LogP contribution < -0.4 is 5.32 Å². The lowest BCUT2D eigenvalue weighted by Gasteiger charge is -2.54. The first-order valence-corrected chi connectivity index (χ1v) is 8.07. The SMILES string of the molecule is C/C=C/CN1CC(C(C)(C)C)NCC12CCCCC2. The molecule has 0 aromatic carbocycles. The zero-order valence-electron chi connectivity index (χ0n) is 13.3. The highest BCUT2D eigenvalue weighted by molar-refractivity contribution is 5.04. The van der Waals surface area contributed by atoms with E-state index in [-0.39, 0.29) is 0 Å². The van der Waals surface area contributed by atoms with E-state index in [2.05, 4.69) is 50.1 Å². The van der Waals surface area contributed by atoms with Gasteiger partial charge in [0, 0.05) is 31.2 Å². The van der Waals surface area contributed by atoms with Crippen LogP contribution in [0, 0.1) is 5.41 Å². The quantitative estimate of drug-likeness (QED) is 0.767. The molecule has 1 atom stereocenters. The van der Waals surface area contributed by atoms with Crippen molar-refractivity contribution in [1.82, 2.24) is 10.2 Å². The minimum absolute atomic E-state index is 0.352. The van der Waals surface area contributed by atoms with Gasteiger partial charge in [-0.25, -0.2) is 0 Å². The molecule has 2 fully saturated rings. The summed E-state index contributed by atoms with van der Waals surface area (Å²) in [4.78, 5) is 2.78. The first-order chi connectivity index (χ1) is 8.98.